The van der Waals surface area contributed by atoms with Crippen molar-refractivity contribution in [2.45, 2.75) is 31.3 Å². The monoisotopic (exact) mass is 465 g/mol. The number of aliphatic carboxylic acids is 2. The largest absolute Gasteiger partial charge is 1.00 e. The Bertz CT molecular complexity index is 929. The van der Waals surface area contributed by atoms with Crippen molar-refractivity contribution in [3.63, 3.8) is 0 Å². The number of carboxylic acid groups (broad SMARTS) is 2. The third-order valence-corrected chi connectivity index (χ3v) is 4.72. The van der Waals surface area contributed by atoms with Gasteiger partial charge in [0.25, 0.3) is 0 Å². The fourth-order valence-corrected chi connectivity index (χ4v) is 3.19. The van der Waals surface area contributed by atoms with Gasteiger partial charge in [-0.15, -0.1) is 0 Å². The Kier molecular flexibility index (Phi) is 10.8. The summed E-state index contributed by atoms with van der Waals surface area (Å²) in [7, 11) is 0. The van der Waals surface area contributed by atoms with E-state index in [4.69, 9.17) is 21.1 Å². The molecule has 0 spiro atoms. The Hall–Kier alpha value is -0.810. The number of aliphatic hydroxyl groups is 1. The Balaban J connectivity index is 0.00000240. The zero-order valence-electron chi connectivity index (χ0n) is 17.4. The van der Waals surface area contributed by atoms with E-state index in [-0.39, 0.29) is 76.7 Å². The van der Waals surface area contributed by atoms with Crippen LogP contribution in [-0.2, 0) is 16.0 Å². The number of ether oxygens (including phenoxy) is 2. The van der Waals surface area contributed by atoms with Gasteiger partial charge in [0.2, 0.25) is 0 Å². The van der Waals surface area contributed by atoms with Crippen molar-refractivity contribution >= 4 is 23.5 Å². The number of fused-ring (bicyclic) bond motifs is 1. The zero-order valence-corrected chi connectivity index (χ0v) is 22.1. The van der Waals surface area contributed by atoms with Crippen molar-refractivity contribution in [1.29, 1.82) is 0 Å². The summed E-state index contributed by atoms with van der Waals surface area (Å²) in [6.45, 7) is 2.20. The van der Waals surface area contributed by atoms with Gasteiger partial charge < -0.3 is 39.7 Å². The summed E-state index contributed by atoms with van der Waals surface area (Å²) in [6, 6.07) is 11.5. The molecule has 31 heavy (non-hydrogen) atoms. The number of aliphatic hydroxyl groups excluding tert-OH is 1. The molecule has 1 aliphatic heterocycles. The van der Waals surface area contributed by atoms with Crippen LogP contribution in [0.3, 0.4) is 0 Å². The summed E-state index contributed by atoms with van der Waals surface area (Å²) in [4.78, 5) is 22.3. The van der Waals surface area contributed by atoms with Crippen LogP contribution >= 0.6 is 11.6 Å². The number of carbonyl (C=O) groups excluding carboxylic acids is 2. The maximum atomic E-state index is 11.2. The van der Waals surface area contributed by atoms with Gasteiger partial charge in [0.15, 0.2) is 11.5 Å². The second-order valence-electron chi connectivity index (χ2n) is 6.76. The molecule has 2 atom stereocenters. The number of rotatable bonds is 8. The molecule has 0 aliphatic carbocycles. The molecule has 0 aromatic heterocycles. The summed E-state index contributed by atoms with van der Waals surface area (Å²) in [5, 5.41) is 36.3. The number of benzene rings is 2. The molecule has 1 aliphatic rings. The van der Waals surface area contributed by atoms with Gasteiger partial charge in [-0.1, -0.05) is 29.8 Å². The third-order valence-electron chi connectivity index (χ3n) is 4.49. The molecule has 11 heteroatoms. The van der Waals surface area contributed by atoms with Gasteiger partial charge in [0, 0.05) is 17.6 Å². The molecule has 0 saturated carbocycles. The molecule has 0 amide bonds. The van der Waals surface area contributed by atoms with Crippen molar-refractivity contribution in [3.05, 3.63) is 58.6 Å². The van der Waals surface area contributed by atoms with Crippen LogP contribution in [0.25, 0.3) is 0 Å². The first-order valence-electron chi connectivity index (χ1n) is 8.82. The van der Waals surface area contributed by atoms with Crippen LogP contribution in [0, 0.1) is 0 Å². The van der Waals surface area contributed by atoms with E-state index in [1.807, 2.05) is 6.92 Å². The fraction of sp³-hybridized carbons (Fsp3) is 0.300. The van der Waals surface area contributed by atoms with Crippen LogP contribution in [0.1, 0.15) is 24.2 Å². The van der Waals surface area contributed by atoms with Crippen molar-refractivity contribution in [2.75, 3.05) is 6.54 Å². The molecule has 0 saturated heterocycles. The molecule has 0 bridgehead atoms. The second kappa shape index (κ2) is 11.9. The van der Waals surface area contributed by atoms with Crippen molar-refractivity contribution < 1.29 is 93.5 Å². The van der Waals surface area contributed by atoms with Gasteiger partial charge in [0.05, 0.1) is 6.10 Å². The van der Waals surface area contributed by atoms with Gasteiger partial charge in [-0.3, -0.25) is 0 Å². The van der Waals surface area contributed by atoms with Crippen molar-refractivity contribution in [1.82, 2.24) is 5.32 Å². The number of carboxylic acids is 2. The van der Waals surface area contributed by atoms with E-state index < -0.39 is 23.8 Å². The van der Waals surface area contributed by atoms with Crippen LogP contribution in [0.2, 0.25) is 5.02 Å². The summed E-state index contributed by atoms with van der Waals surface area (Å²) in [5.74, 6) is -7.16. The van der Waals surface area contributed by atoms with E-state index >= 15 is 0 Å². The minimum Gasteiger partial charge on any atom is -0.542 e. The van der Waals surface area contributed by atoms with Crippen LogP contribution < -0.4 is 84.1 Å². The van der Waals surface area contributed by atoms with Crippen molar-refractivity contribution in [3.8, 4) is 11.5 Å². The summed E-state index contributed by atoms with van der Waals surface area (Å²) in [5.41, 5.74) is 1.44. The number of nitrogens with one attached hydrogen (secondary N) is 1. The number of halogens is 1. The Morgan fingerprint density at radius 1 is 1.10 bits per heavy atom. The quantitative estimate of drug-likeness (QED) is 0.291. The number of hydrogen-bond acceptors (Lipinski definition) is 8. The summed E-state index contributed by atoms with van der Waals surface area (Å²) < 4.78 is 9.90. The third kappa shape index (κ3) is 6.60. The maximum Gasteiger partial charge on any atom is 1.00 e. The van der Waals surface area contributed by atoms with Crippen molar-refractivity contribution in [2.24, 2.45) is 0 Å². The molecule has 1 heterocycles. The summed E-state index contributed by atoms with van der Waals surface area (Å²) >= 11 is 5.93. The first-order valence-corrected chi connectivity index (χ1v) is 9.20. The Morgan fingerprint density at radius 2 is 1.74 bits per heavy atom. The van der Waals surface area contributed by atoms with Crippen LogP contribution in [0.4, 0.5) is 0 Å². The zero-order chi connectivity index (χ0) is 21.2. The van der Waals surface area contributed by atoms with E-state index in [0.29, 0.717) is 23.6 Å². The average Bonchev–Trinajstić information content (AvgIpc) is 3.06. The fourth-order valence-electron chi connectivity index (χ4n) is 2.99. The molecule has 154 valence electrons. The Labute approximate surface area is 228 Å². The predicted octanol–water partition coefficient (Wildman–Crippen LogP) is -6.43. The number of hydrogen-bond donors (Lipinski definition) is 2. The molecule has 2 aromatic rings. The molecule has 0 radical (unpaired) electrons. The van der Waals surface area contributed by atoms with Crippen LogP contribution in [0.15, 0.2) is 42.5 Å². The first kappa shape index (κ1) is 28.2. The molecule has 3 rings (SSSR count). The minimum absolute atomic E-state index is 0. The normalized spacial score (nSPS) is 15.2. The van der Waals surface area contributed by atoms with E-state index in [9.17, 15) is 24.9 Å². The SMILES string of the molecule is C[C@H](Cc1ccc2c(c1)OC(C(=O)[O-])(C(=O)[O-])O2)NC[C@@H](O)c1cccc(Cl)c1.[Na+].[Na+]. The molecule has 0 fully saturated rings. The van der Waals surface area contributed by atoms with Gasteiger partial charge in [0.1, 0.15) is 11.9 Å². The number of carbonyl (C=O) groups is 2. The molecular weight excluding hydrogens is 448 g/mol. The molecular formula is C20H18ClNNa2O7. The first-order chi connectivity index (χ1) is 13.7. The standard InChI is InChI=1S/C20H20ClNO7.2Na/c1-11(22-10-15(23)13-3-2-4-14(21)9-13)7-12-5-6-16-17(8-12)29-20(28-16,18(24)25)19(26)27;;/h2-6,8-9,11,15,22-23H,7,10H2,1H3,(H,24,25)(H,26,27);;/q;2*+1/p-2/t11-,15-;;/m1../s1. The predicted molar refractivity (Wildman–Crippen MR) is 98.0 cm³/mol. The molecule has 8 nitrogen and oxygen atoms in total. The van der Waals surface area contributed by atoms with E-state index in [1.54, 1.807) is 30.3 Å². The molecule has 0 unspecified atom stereocenters. The van der Waals surface area contributed by atoms with Crippen LogP contribution in [-0.4, -0.2) is 35.4 Å². The van der Waals surface area contributed by atoms with Gasteiger partial charge in [-0.25, -0.2) is 0 Å². The van der Waals surface area contributed by atoms with E-state index in [2.05, 4.69) is 5.32 Å². The van der Waals surface area contributed by atoms with Gasteiger partial charge in [-0.05, 0) is 48.7 Å². The molecule has 2 aromatic carbocycles. The Morgan fingerprint density at radius 3 is 2.35 bits per heavy atom. The van der Waals surface area contributed by atoms with Gasteiger partial charge in [-0.2, -0.15) is 0 Å². The van der Waals surface area contributed by atoms with E-state index in [1.165, 1.54) is 12.1 Å². The molecule has 2 N–H and O–H groups in total. The smallest absolute Gasteiger partial charge is 0.542 e. The second-order valence-corrected chi connectivity index (χ2v) is 7.20. The van der Waals surface area contributed by atoms with Crippen LogP contribution in [0.5, 0.6) is 11.5 Å². The van der Waals surface area contributed by atoms with Gasteiger partial charge >= 0.3 is 64.9 Å². The van der Waals surface area contributed by atoms with E-state index in [0.717, 1.165) is 5.56 Å². The topological polar surface area (TPSA) is 131 Å². The average molecular weight is 466 g/mol. The maximum absolute atomic E-state index is 11.2. The minimum atomic E-state index is -2.99. The summed E-state index contributed by atoms with van der Waals surface area (Å²) in [6.07, 6.45) is -0.234.